The topological polar surface area (TPSA) is 91.4 Å². The van der Waals surface area contributed by atoms with Gasteiger partial charge in [0.2, 0.25) is 16.0 Å². The largest absolute Gasteiger partial charge is 0.368 e. The Morgan fingerprint density at radius 1 is 1.24 bits per heavy atom. The third kappa shape index (κ3) is 7.16. The number of hydrogen-bond acceptors (Lipinski definition) is 4. The van der Waals surface area contributed by atoms with Crippen molar-refractivity contribution < 1.29 is 8.42 Å². The molecule has 1 aliphatic rings. The fourth-order valence-electron chi connectivity index (χ4n) is 3.91. The van der Waals surface area contributed by atoms with Crippen molar-refractivity contribution in [2.24, 2.45) is 15.7 Å². The van der Waals surface area contributed by atoms with Crippen LogP contribution in [0, 0.1) is 0 Å². The fourth-order valence-corrected chi connectivity index (χ4v) is 5.56. The molecule has 2 N–H and O–H groups in total. The summed E-state index contributed by atoms with van der Waals surface area (Å²) in [6.07, 6.45) is 5.48. The van der Waals surface area contributed by atoms with Crippen LogP contribution in [0.4, 0.5) is 0 Å². The second-order valence-corrected chi connectivity index (χ2v) is 11.0. The lowest BCUT2D eigenvalue weighted by molar-refractivity contribution is 0.317. The lowest BCUT2D eigenvalue weighted by Gasteiger charge is -2.30. The summed E-state index contributed by atoms with van der Waals surface area (Å²) < 4.78 is 27.5. The molecule has 1 saturated heterocycles. The van der Waals surface area contributed by atoms with E-state index < -0.39 is 10.0 Å². The van der Waals surface area contributed by atoms with Crippen molar-refractivity contribution in [1.82, 2.24) is 9.21 Å². The van der Waals surface area contributed by atoms with Crippen LogP contribution in [0.1, 0.15) is 54.4 Å². The van der Waals surface area contributed by atoms with E-state index >= 15 is 0 Å². The SMILES string of the molecule is C/C=C\N(C(=C(C)C)/C(C)=N/C(N)=NC1CCCN(S(=O)(=O)c2ccc(Cl)cc2)C1)C(C)C. The molecule has 7 nitrogen and oxygen atoms in total. The summed E-state index contributed by atoms with van der Waals surface area (Å²) in [5.41, 5.74) is 9.08. The Balaban J connectivity index is 2.24. The first-order valence-electron chi connectivity index (χ1n) is 11.2. The van der Waals surface area contributed by atoms with Crippen molar-refractivity contribution >= 4 is 33.3 Å². The summed E-state index contributed by atoms with van der Waals surface area (Å²) in [6, 6.07) is 6.22. The van der Waals surface area contributed by atoms with Crippen molar-refractivity contribution in [3.8, 4) is 0 Å². The summed E-state index contributed by atoms with van der Waals surface area (Å²) in [7, 11) is -3.62. The zero-order valence-corrected chi connectivity index (χ0v) is 22.0. The zero-order valence-electron chi connectivity index (χ0n) is 20.4. The minimum absolute atomic E-state index is 0.158. The minimum Gasteiger partial charge on any atom is -0.368 e. The van der Waals surface area contributed by atoms with E-state index in [1.165, 1.54) is 16.4 Å². The number of halogens is 1. The molecule has 0 amide bonds. The van der Waals surface area contributed by atoms with Gasteiger partial charge in [-0.1, -0.05) is 23.3 Å². The third-order valence-electron chi connectivity index (χ3n) is 5.35. The van der Waals surface area contributed by atoms with Gasteiger partial charge in [0.1, 0.15) is 0 Å². The number of sulfonamides is 1. The smallest absolute Gasteiger partial charge is 0.243 e. The van der Waals surface area contributed by atoms with E-state index in [-0.39, 0.29) is 29.5 Å². The van der Waals surface area contributed by atoms with Gasteiger partial charge in [-0.15, -0.1) is 0 Å². The molecule has 2 rings (SSSR count). The number of benzene rings is 1. The average molecular weight is 494 g/mol. The quantitative estimate of drug-likeness (QED) is 0.436. The molecule has 1 aliphatic heterocycles. The van der Waals surface area contributed by atoms with Crippen LogP contribution < -0.4 is 5.73 Å². The van der Waals surface area contributed by atoms with Gasteiger partial charge in [0.05, 0.1) is 22.3 Å². The second-order valence-electron chi connectivity index (χ2n) is 8.63. The predicted octanol–water partition coefficient (Wildman–Crippen LogP) is 4.81. The normalized spacial score (nSPS) is 18.7. The monoisotopic (exact) mass is 493 g/mol. The van der Waals surface area contributed by atoms with Gasteiger partial charge in [0, 0.05) is 30.4 Å². The Morgan fingerprint density at radius 2 is 1.88 bits per heavy atom. The molecule has 0 aromatic heterocycles. The Hall–Kier alpha value is -2.16. The number of hydrogen-bond donors (Lipinski definition) is 1. The summed E-state index contributed by atoms with van der Waals surface area (Å²) in [5.74, 6) is 0.158. The van der Waals surface area contributed by atoms with Gasteiger partial charge in [0.25, 0.3) is 0 Å². The van der Waals surface area contributed by atoms with E-state index in [2.05, 4.69) is 28.7 Å². The molecule has 9 heteroatoms. The van der Waals surface area contributed by atoms with Crippen LogP contribution >= 0.6 is 11.6 Å². The molecule has 182 valence electrons. The fraction of sp³-hybridized carbons (Fsp3) is 0.500. The summed E-state index contributed by atoms with van der Waals surface area (Å²) >= 11 is 5.90. The first-order chi connectivity index (χ1) is 15.5. The lowest BCUT2D eigenvalue weighted by atomic mass is 10.1. The van der Waals surface area contributed by atoms with Crippen LogP contribution in [0.3, 0.4) is 0 Å². The van der Waals surface area contributed by atoms with Crippen molar-refractivity contribution in [1.29, 1.82) is 0 Å². The van der Waals surface area contributed by atoms with Gasteiger partial charge in [-0.05, 0) is 78.6 Å². The van der Waals surface area contributed by atoms with Gasteiger partial charge in [-0.2, -0.15) is 4.31 Å². The molecule has 0 aliphatic carbocycles. The Kier molecular flexibility index (Phi) is 9.70. The highest BCUT2D eigenvalue weighted by Gasteiger charge is 2.30. The maximum absolute atomic E-state index is 13.0. The molecule has 1 fully saturated rings. The van der Waals surface area contributed by atoms with E-state index in [0.717, 1.165) is 23.4 Å². The van der Waals surface area contributed by atoms with Crippen LogP contribution in [0.5, 0.6) is 0 Å². The van der Waals surface area contributed by atoms with Gasteiger partial charge in [-0.3, -0.25) is 0 Å². The van der Waals surface area contributed by atoms with Crippen molar-refractivity contribution in [2.45, 2.75) is 71.4 Å². The highest BCUT2D eigenvalue weighted by molar-refractivity contribution is 7.89. The number of nitrogens with two attached hydrogens (primary N) is 1. The molecule has 1 aromatic carbocycles. The molecular formula is C24H36ClN5O2S. The average Bonchev–Trinajstić information content (AvgIpc) is 2.73. The van der Waals surface area contributed by atoms with Crippen molar-refractivity contribution in [2.75, 3.05) is 13.1 Å². The lowest BCUT2D eigenvalue weighted by Crippen LogP contribution is -2.42. The molecule has 1 aromatic rings. The van der Waals surface area contributed by atoms with E-state index in [1.807, 2.05) is 40.0 Å². The summed E-state index contributed by atoms with van der Waals surface area (Å²) in [5, 5.41) is 0.497. The maximum atomic E-state index is 13.0. The molecule has 33 heavy (non-hydrogen) atoms. The molecule has 1 heterocycles. The van der Waals surface area contributed by atoms with E-state index in [0.29, 0.717) is 18.0 Å². The Morgan fingerprint density at radius 3 is 2.42 bits per heavy atom. The van der Waals surface area contributed by atoms with E-state index in [4.69, 9.17) is 17.3 Å². The summed E-state index contributed by atoms with van der Waals surface area (Å²) in [4.78, 5) is 11.5. The van der Waals surface area contributed by atoms with E-state index in [1.54, 1.807) is 12.1 Å². The first-order valence-corrected chi connectivity index (χ1v) is 13.0. The van der Waals surface area contributed by atoms with Crippen LogP contribution in [-0.2, 0) is 10.0 Å². The van der Waals surface area contributed by atoms with Gasteiger partial charge in [0.15, 0.2) is 0 Å². The van der Waals surface area contributed by atoms with Gasteiger partial charge in [-0.25, -0.2) is 18.4 Å². The van der Waals surface area contributed by atoms with Crippen LogP contribution in [0.25, 0.3) is 0 Å². The van der Waals surface area contributed by atoms with Crippen molar-refractivity contribution in [3.05, 3.63) is 52.8 Å². The number of guanidine groups is 1. The molecule has 1 unspecified atom stereocenters. The summed E-state index contributed by atoms with van der Waals surface area (Å²) in [6.45, 7) is 12.9. The van der Waals surface area contributed by atoms with Crippen LogP contribution in [0.15, 0.2) is 62.7 Å². The zero-order chi connectivity index (χ0) is 24.8. The molecular weight excluding hydrogens is 458 g/mol. The highest BCUT2D eigenvalue weighted by Crippen LogP contribution is 2.23. The molecule has 0 radical (unpaired) electrons. The molecule has 0 bridgehead atoms. The third-order valence-corrected chi connectivity index (χ3v) is 7.48. The number of rotatable bonds is 7. The van der Waals surface area contributed by atoms with Crippen LogP contribution in [-0.4, -0.2) is 54.5 Å². The van der Waals surface area contributed by atoms with Crippen molar-refractivity contribution in [3.63, 3.8) is 0 Å². The highest BCUT2D eigenvalue weighted by atomic mass is 35.5. The Labute approximate surface area is 203 Å². The maximum Gasteiger partial charge on any atom is 0.243 e. The van der Waals surface area contributed by atoms with Crippen LogP contribution in [0.2, 0.25) is 5.02 Å². The standard InChI is InChI=1S/C24H36ClN5O2S/c1-7-14-30(18(4)5)23(17(2)3)19(6)27-24(26)28-21-9-8-15-29(16-21)33(31,32)22-12-10-20(25)11-13-22/h7,10-14,18,21H,8-9,15-16H2,1-6H3,(H2,26,28)/b14-7-,27-19+. The first kappa shape index (κ1) is 27.1. The Bertz CT molecular complexity index is 1040. The molecule has 0 saturated carbocycles. The predicted molar refractivity (Wildman–Crippen MR) is 138 cm³/mol. The number of nitrogens with zero attached hydrogens (tertiary/aromatic N) is 4. The van der Waals surface area contributed by atoms with E-state index in [9.17, 15) is 8.42 Å². The molecule has 1 atom stereocenters. The number of allylic oxidation sites excluding steroid dienone is 3. The minimum atomic E-state index is -3.62. The number of aliphatic imine (C=N–C) groups is 2. The second kappa shape index (κ2) is 11.8. The molecule has 0 spiro atoms. The van der Waals surface area contributed by atoms with Gasteiger partial charge >= 0.3 is 0 Å². The van der Waals surface area contributed by atoms with Gasteiger partial charge < -0.3 is 10.6 Å². The number of piperidine rings is 1.